The molecule has 152 valence electrons. The summed E-state index contributed by atoms with van der Waals surface area (Å²) in [5.41, 5.74) is 5.84. The lowest BCUT2D eigenvalue weighted by Gasteiger charge is -2.04. The van der Waals surface area contributed by atoms with Gasteiger partial charge in [-0.15, -0.1) is 0 Å². The first-order valence-electron chi connectivity index (χ1n) is 11.5. The Morgan fingerprint density at radius 3 is 2.28 bits per heavy atom. The normalized spacial score (nSPS) is 12.6. The Balaban J connectivity index is 1.44. The number of fused-ring (bicyclic) bond motifs is 3. The SMILES string of the molecule is [2H]C([2H])(c1ccccc1)c1ccc2c(n1)oc1c(-c3ccc(-c4ccccc4)cn3)cccc12. The van der Waals surface area contributed by atoms with Gasteiger partial charge in [0.1, 0.15) is 5.58 Å². The van der Waals surface area contributed by atoms with E-state index < -0.39 is 6.37 Å². The summed E-state index contributed by atoms with van der Waals surface area (Å²) in [6.07, 6.45) is 0.142. The third-order valence-electron chi connectivity index (χ3n) is 5.56. The maximum Gasteiger partial charge on any atom is 0.227 e. The van der Waals surface area contributed by atoms with Gasteiger partial charge in [-0.3, -0.25) is 4.98 Å². The van der Waals surface area contributed by atoms with Crippen molar-refractivity contribution in [2.45, 2.75) is 6.37 Å². The van der Waals surface area contributed by atoms with E-state index in [2.05, 4.69) is 23.2 Å². The number of aromatic nitrogens is 2. The number of hydrogen-bond acceptors (Lipinski definition) is 3. The number of benzene rings is 3. The Kier molecular flexibility index (Phi) is 4.00. The van der Waals surface area contributed by atoms with Gasteiger partial charge in [-0.05, 0) is 35.4 Å². The zero-order valence-corrected chi connectivity index (χ0v) is 17.2. The van der Waals surface area contributed by atoms with Crippen molar-refractivity contribution in [3.05, 3.63) is 121 Å². The molecule has 3 nitrogen and oxygen atoms in total. The van der Waals surface area contributed by atoms with Gasteiger partial charge in [-0.25, -0.2) is 4.98 Å². The molecule has 0 amide bonds. The predicted molar refractivity (Wildman–Crippen MR) is 129 cm³/mol. The van der Waals surface area contributed by atoms with E-state index in [1.807, 2.05) is 72.9 Å². The van der Waals surface area contributed by atoms with Gasteiger partial charge in [0.25, 0.3) is 0 Å². The molecule has 0 saturated heterocycles. The molecule has 0 N–H and O–H groups in total. The maximum absolute atomic E-state index is 8.64. The Hall–Kier alpha value is -4.24. The fraction of sp³-hybridized carbons (Fsp3) is 0.0345. The molecule has 3 aromatic heterocycles. The van der Waals surface area contributed by atoms with Crippen molar-refractivity contribution in [1.29, 1.82) is 0 Å². The van der Waals surface area contributed by atoms with Crippen molar-refractivity contribution < 1.29 is 7.16 Å². The minimum atomic E-state index is -1.73. The Labute approximate surface area is 188 Å². The predicted octanol–water partition coefficient (Wildman–Crippen LogP) is 7.30. The summed E-state index contributed by atoms with van der Waals surface area (Å²) in [5, 5.41) is 1.78. The third-order valence-corrected chi connectivity index (χ3v) is 5.56. The number of hydrogen-bond donors (Lipinski definition) is 0. The van der Waals surface area contributed by atoms with E-state index in [1.54, 1.807) is 18.2 Å². The van der Waals surface area contributed by atoms with E-state index >= 15 is 0 Å². The van der Waals surface area contributed by atoms with Crippen molar-refractivity contribution in [1.82, 2.24) is 9.97 Å². The van der Waals surface area contributed by atoms with Crippen LogP contribution in [0.25, 0.3) is 44.5 Å². The fourth-order valence-corrected chi connectivity index (χ4v) is 3.97. The van der Waals surface area contributed by atoms with Crippen LogP contribution in [0.5, 0.6) is 0 Å². The van der Waals surface area contributed by atoms with Crippen molar-refractivity contribution >= 4 is 22.1 Å². The van der Waals surface area contributed by atoms with E-state index in [0.29, 0.717) is 22.6 Å². The van der Waals surface area contributed by atoms with E-state index in [0.717, 1.165) is 33.2 Å². The van der Waals surface area contributed by atoms with Crippen LogP contribution in [0, 0.1) is 0 Å². The molecular weight excluding hydrogens is 392 g/mol. The number of rotatable bonds is 4. The summed E-state index contributed by atoms with van der Waals surface area (Å²) in [6, 6.07) is 32.9. The lowest BCUT2D eigenvalue weighted by Crippen LogP contribution is -1.91. The van der Waals surface area contributed by atoms with E-state index in [9.17, 15) is 0 Å². The highest BCUT2D eigenvalue weighted by Crippen LogP contribution is 2.35. The molecular formula is C29H20N2O. The molecule has 0 radical (unpaired) electrons. The van der Waals surface area contributed by atoms with Gasteiger partial charge in [-0.2, -0.15) is 0 Å². The Morgan fingerprint density at radius 2 is 1.50 bits per heavy atom. The van der Waals surface area contributed by atoms with Gasteiger partial charge in [0.05, 0.1) is 5.69 Å². The number of nitrogens with zero attached hydrogens (tertiary/aromatic N) is 2. The maximum atomic E-state index is 8.64. The van der Waals surface area contributed by atoms with Crippen molar-refractivity contribution in [3.8, 4) is 22.4 Å². The van der Waals surface area contributed by atoms with Crippen molar-refractivity contribution in [2.24, 2.45) is 0 Å². The molecule has 0 aliphatic carbocycles. The topological polar surface area (TPSA) is 38.9 Å². The molecule has 0 bridgehead atoms. The van der Waals surface area contributed by atoms with Gasteiger partial charge in [-0.1, -0.05) is 78.9 Å². The molecule has 0 aliphatic rings. The summed E-state index contributed by atoms with van der Waals surface area (Å²) in [6.45, 7) is 0. The van der Waals surface area contributed by atoms with Crippen molar-refractivity contribution in [2.75, 3.05) is 0 Å². The number of para-hydroxylation sites is 1. The molecule has 32 heavy (non-hydrogen) atoms. The van der Waals surface area contributed by atoms with Gasteiger partial charge in [0.15, 0.2) is 0 Å². The smallest absolute Gasteiger partial charge is 0.227 e. The lowest BCUT2D eigenvalue weighted by atomic mass is 10.0. The molecule has 6 rings (SSSR count). The molecule has 0 aliphatic heterocycles. The van der Waals surface area contributed by atoms with Gasteiger partial charge < -0.3 is 4.42 Å². The first-order chi connectivity index (χ1) is 16.6. The molecule has 0 fully saturated rings. The second-order valence-corrected chi connectivity index (χ2v) is 7.62. The summed E-state index contributed by atoms with van der Waals surface area (Å²) in [5.74, 6) is 0. The van der Waals surface area contributed by atoms with Crippen LogP contribution < -0.4 is 0 Å². The first-order valence-corrected chi connectivity index (χ1v) is 10.5. The molecule has 0 unspecified atom stereocenters. The molecule has 0 spiro atoms. The first kappa shape index (κ1) is 16.5. The van der Waals surface area contributed by atoms with Crippen LogP contribution in [0.2, 0.25) is 0 Å². The summed E-state index contributed by atoms with van der Waals surface area (Å²) in [4.78, 5) is 9.29. The number of pyridine rings is 2. The average molecular weight is 415 g/mol. The largest absolute Gasteiger partial charge is 0.437 e. The summed E-state index contributed by atoms with van der Waals surface area (Å²) >= 11 is 0. The lowest BCUT2D eigenvalue weighted by molar-refractivity contribution is 0.652. The zero-order valence-electron chi connectivity index (χ0n) is 19.2. The Morgan fingerprint density at radius 1 is 0.688 bits per heavy atom. The van der Waals surface area contributed by atoms with Crippen LogP contribution in [-0.4, -0.2) is 9.97 Å². The van der Waals surface area contributed by atoms with Gasteiger partial charge in [0, 0.05) is 42.9 Å². The quantitative estimate of drug-likeness (QED) is 0.304. The van der Waals surface area contributed by atoms with Crippen LogP contribution in [-0.2, 0) is 6.37 Å². The monoisotopic (exact) mass is 414 g/mol. The van der Waals surface area contributed by atoms with E-state index in [1.165, 1.54) is 0 Å². The second-order valence-electron chi connectivity index (χ2n) is 7.62. The third kappa shape index (κ3) is 3.34. The molecule has 0 saturated carbocycles. The summed E-state index contributed by atoms with van der Waals surface area (Å²) in [7, 11) is 0. The van der Waals surface area contributed by atoms with Crippen LogP contribution in [0.1, 0.15) is 14.0 Å². The molecule has 0 atom stereocenters. The van der Waals surface area contributed by atoms with Crippen molar-refractivity contribution in [3.63, 3.8) is 0 Å². The second kappa shape index (κ2) is 7.78. The Bertz CT molecular complexity index is 1610. The average Bonchev–Trinajstić information content (AvgIpc) is 3.28. The van der Waals surface area contributed by atoms with E-state index in [4.69, 9.17) is 12.1 Å². The minimum absolute atomic E-state index is 0.317. The highest BCUT2D eigenvalue weighted by atomic mass is 16.3. The van der Waals surface area contributed by atoms with Crippen LogP contribution in [0.3, 0.4) is 0 Å². The van der Waals surface area contributed by atoms with Crippen LogP contribution >= 0.6 is 0 Å². The van der Waals surface area contributed by atoms with Gasteiger partial charge >= 0.3 is 0 Å². The standard InChI is InChI=1S/C29H20N2O/c1-3-8-20(9-4-1)18-23-15-16-25-24-12-7-13-26(28(24)32-29(25)31-23)27-17-14-22(19-30-27)21-10-5-2-6-11-21/h1-17,19H,18H2/i18D2. The summed E-state index contributed by atoms with van der Waals surface area (Å²) < 4.78 is 23.5. The number of furan rings is 1. The van der Waals surface area contributed by atoms with Gasteiger partial charge in [0.2, 0.25) is 5.71 Å². The fourth-order valence-electron chi connectivity index (χ4n) is 3.97. The zero-order chi connectivity index (χ0) is 23.1. The molecule has 3 aromatic carbocycles. The molecule has 3 heterocycles. The highest BCUT2D eigenvalue weighted by molar-refractivity contribution is 6.08. The molecule has 6 aromatic rings. The highest BCUT2D eigenvalue weighted by Gasteiger charge is 2.14. The van der Waals surface area contributed by atoms with Crippen LogP contribution in [0.4, 0.5) is 0 Å². The molecule has 3 heteroatoms. The van der Waals surface area contributed by atoms with Crippen LogP contribution in [0.15, 0.2) is 114 Å². The minimum Gasteiger partial charge on any atom is -0.437 e. The van der Waals surface area contributed by atoms with E-state index in [-0.39, 0.29) is 0 Å².